The zero-order valence-electron chi connectivity index (χ0n) is 11.6. The molecule has 1 aliphatic rings. The molecule has 2 heterocycles. The first-order chi connectivity index (χ1) is 9.07. The van der Waals surface area contributed by atoms with Gasteiger partial charge in [-0.3, -0.25) is 4.79 Å². The van der Waals surface area contributed by atoms with Crippen LogP contribution in [0.4, 0.5) is 5.82 Å². The van der Waals surface area contributed by atoms with Crippen LogP contribution in [0.25, 0.3) is 0 Å². The van der Waals surface area contributed by atoms with Crippen molar-refractivity contribution >= 4 is 11.8 Å². The summed E-state index contributed by atoms with van der Waals surface area (Å²) >= 11 is 0. The lowest BCUT2D eigenvalue weighted by atomic mass is 9.76. The van der Waals surface area contributed by atoms with Crippen LogP contribution < -0.4 is 4.90 Å². The number of aliphatic carboxylic acids is 1. The van der Waals surface area contributed by atoms with Gasteiger partial charge >= 0.3 is 5.97 Å². The number of hydrogen-bond acceptors (Lipinski definition) is 4. The highest BCUT2D eigenvalue weighted by Crippen LogP contribution is 2.36. The van der Waals surface area contributed by atoms with Crippen LogP contribution in [0.1, 0.15) is 38.4 Å². The molecule has 2 rings (SSSR count). The van der Waals surface area contributed by atoms with E-state index in [4.69, 9.17) is 0 Å². The van der Waals surface area contributed by atoms with Crippen LogP contribution in [0.3, 0.4) is 0 Å². The lowest BCUT2D eigenvalue weighted by molar-refractivity contribution is -0.150. The molecule has 0 aliphatic carbocycles. The molecule has 19 heavy (non-hydrogen) atoms. The fourth-order valence-electron chi connectivity index (χ4n) is 2.91. The first-order valence-corrected chi connectivity index (χ1v) is 6.85. The number of rotatable bonds is 4. The fraction of sp³-hybridized carbons (Fsp3) is 0.643. The quantitative estimate of drug-likeness (QED) is 0.902. The maximum atomic E-state index is 11.7. The van der Waals surface area contributed by atoms with E-state index in [-0.39, 0.29) is 0 Å². The van der Waals surface area contributed by atoms with Crippen molar-refractivity contribution in [1.29, 1.82) is 0 Å². The molecule has 0 saturated carbocycles. The van der Waals surface area contributed by atoms with Crippen LogP contribution in [-0.2, 0) is 4.79 Å². The number of carboxylic acids is 1. The third kappa shape index (κ3) is 2.85. The number of hydrogen-bond donors (Lipinski definition) is 1. The van der Waals surface area contributed by atoms with E-state index in [0.717, 1.165) is 43.9 Å². The second-order valence-electron chi connectivity index (χ2n) is 5.32. The molecular formula is C14H21N3O2. The van der Waals surface area contributed by atoms with Gasteiger partial charge in [0.1, 0.15) is 11.6 Å². The average Bonchev–Trinajstić information content (AvgIpc) is 2.39. The van der Waals surface area contributed by atoms with Crippen LogP contribution in [0, 0.1) is 12.3 Å². The van der Waals surface area contributed by atoms with Crippen molar-refractivity contribution in [3.8, 4) is 0 Å². The smallest absolute Gasteiger partial charge is 0.311 e. The van der Waals surface area contributed by atoms with Crippen molar-refractivity contribution in [3.63, 3.8) is 0 Å². The third-order valence-corrected chi connectivity index (χ3v) is 3.84. The highest BCUT2D eigenvalue weighted by atomic mass is 16.4. The van der Waals surface area contributed by atoms with Gasteiger partial charge in [-0.25, -0.2) is 9.97 Å². The summed E-state index contributed by atoms with van der Waals surface area (Å²) in [6, 6.07) is 1.86. The molecule has 0 amide bonds. The van der Waals surface area contributed by atoms with Crippen molar-refractivity contribution in [3.05, 3.63) is 18.1 Å². The molecule has 5 nitrogen and oxygen atoms in total. The van der Waals surface area contributed by atoms with Crippen molar-refractivity contribution in [2.45, 2.75) is 39.5 Å². The fourth-order valence-corrected chi connectivity index (χ4v) is 2.91. The Kier molecular flexibility index (Phi) is 4.02. The van der Waals surface area contributed by atoms with Crippen molar-refractivity contribution in [1.82, 2.24) is 9.97 Å². The molecule has 5 heteroatoms. The monoisotopic (exact) mass is 263 g/mol. The Labute approximate surface area is 113 Å². The van der Waals surface area contributed by atoms with E-state index < -0.39 is 11.4 Å². The Balaban J connectivity index is 2.22. The number of piperidine rings is 1. The van der Waals surface area contributed by atoms with E-state index in [1.165, 1.54) is 0 Å². The highest BCUT2D eigenvalue weighted by molar-refractivity contribution is 5.76. The summed E-state index contributed by atoms with van der Waals surface area (Å²) in [5, 5.41) is 9.58. The topological polar surface area (TPSA) is 66.3 Å². The Morgan fingerprint density at radius 3 is 3.00 bits per heavy atom. The molecule has 1 fully saturated rings. The van der Waals surface area contributed by atoms with Crippen LogP contribution in [0.15, 0.2) is 12.3 Å². The van der Waals surface area contributed by atoms with Gasteiger partial charge in [0.05, 0.1) is 5.41 Å². The Morgan fingerprint density at radius 2 is 2.37 bits per heavy atom. The maximum Gasteiger partial charge on any atom is 0.311 e. The first kappa shape index (κ1) is 13.8. The van der Waals surface area contributed by atoms with Crippen LogP contribution in [0.5, 0.6) is 0 Å². The molecule has 0 bridgehead atoms. The largest absolute Gasteiger partial charge is 0.481 e. The van der Waals surface area contributed by atoms with Crippen LogP contribution in [0.2, 0.25) is 0 Å². The van der Waals surface area contributed by atoms with Crippen LogP contribution >= 0.6 is 0 Å². The van der Waals surface area contributed by atoms with Crippen molar-refractivity contribution in [2.75, 3.05) is 18.0 Å². The van der Waals surface area contributed by atoms with Gasteiger partial charge in [0.2, 0.25) is 0 Å². The van der Waals surface area contributed by atoms with E-state index in [9.17, 15) is 9.90 Å². The minimum atomic E-state index is -0.676. The van der Waals surface area contributed by atoms with E-state index in [1.54, 1.807) is 6.20 Å². The van der Waals surface area contributed by atoms with Gasteiger partial charge < -0.3 is 10.0 Å². The summed E-state index contributed by atoms with van der Waals surface area (Å²) in [6.07, 6.45) is 5.01. The summed E-state index contributed by atoms with van der Waals surface area (Å²) in [5.41, 5.74) is -0.619. The molecule has 1 atom stereocenters. The molecule has 1 aliphatic heterocycles. The highest BCUT2D eigenvalue weighted by Gasteiger charge is 2.41. The minimum Gasteiger partial charge on any atom is -0.481 e. The van der Waals surface area contributed by atoms with Gasteiger partial charge in [-0.15, -0.1) is 0 Å². The molecule has 0 radical (unpaired) electrons. The average molecular weight is 263 g/mol. The Bertz CT molecular complexity index is 460. The molecule has 0 aromatic carbocycles. The predicted octanol–water partition coefficient (Wildman–Crippen LogP) is 2.26. The first-order valence-electron chi connectivity index (χ1n) is 6.85. The third-order valence-electron chi connectivity index (χ3n) is 3.84. The second-order valence-corrected chi connectivity index (χ2v) is 5.32. The molecule has 1 N–H and O–H groups in total. The zero-order valence-corrected chi connectivity index (χ0v) is 11.6. The summed E-state index contributed by atoms with van der Waals surface area (Å²) in [5.74, 6) is 0.887. The number of aromatic nitrogens is 2. The van der Waals surface area contributed by atoms with E-state index in [0.29, 0.717) is 6.54 Å². The van der Waals surface area contributed by atoms with Gasteiger partial charge in [0.15, 0.2) is 0 Å². The van der Waals surface area contributed by atoms with E-state index in [1.807, 2.05) is 19.9 Å². The van der Waals surface area contributed by atoms with Crippen molar-refractivity contribution in [2.24, 2.45) is 5.41 Å². The minimum absolute atomic E-state index is 0.548. The number of nitrogens with zero attached hydrogens (tertiary/aromatic N) is 3. The summed E-state index contributed by atoms with van der Waals surface area (Å²) in [6.45, 7) is 5.31. The molecule has 0 spiro atoms. The second kappa shape index (κ2) is 5.55. The molecular weight excluding hydrogens is 242 g/mol. The molecule has 1 saturated heterocycles. The lowest BCUT2D eigenvalue weighted by Crippen LogP contribution is -2.48. The van der Waals surface area contributed by atoms with E-state index >= 15 is 0 Å². The molecule has 104 valence electrons. The SMILES string of the molecule is CCCC1(C(=O)O)CCCN(c2ccnc(C)n2)C1. The molecule has 1 aromatic rings. The van der Waals surface area contributed by atoms with E-state index in [2.05, 4.69) is 14.9 Å². The number of aryl methyl sites for hydroxylation is 1. The van der Waals surface area contributed by atoms with Crippen molar-refractivity contribution < 1.29 is 9.90 Å². The number of carboxylic acid groups (broad SMARTS) is 1. The zero-order chi connectivity index (χ0) is 13.9. The summed E-state index contributed by atoms with van der Waals surface area (Å²) < 4.78 is 0. The summed E-state index contributed by atoms with van der Waals surface area (Å²) in [4.78, 5) is 22.2. The maximum absolute atomic E-state index is 11.7. The molecule has 1 unspecified atom stereocenters. The van der Waals surface area contributed by atoms with Gasteiger partial charge in [-0.2, -0.15) is 0 Å². The number of carbonyl (C=O) groups is 1. The normalized spacial score (nSPS) is 23.4. The standard InChI is InChI=1S/C14H21N3O2/c1-3-6-14(13(18)19)7-4-9-17(10-14)12-5-8-15-11(2)16-12/h5,8H,3-4,6-7,9-10H2,1-2H3,(H,18,19). The Morgan fingerprint density at radius 1 is 1.58 bits per heavy atom. The van der Waals surface area contributed by atoms with Gasteiger partial charge in [0.25, 0.3) is 0 Å². The lowest BCUT2D eigenvalue weighted by Gasteiger charge is -2.40. The Hall–Kier alpha value is -1.65. The summed E-state index contributed by atoms with van der Waals surface area (Å²) in [7, 11) is 0. The van der Waals surface area contributed by atoms with Gasteiger partial charge in [-0.05, 0) is 32.3 Å². The van der Waals surface area contributed by atoms with Gasteiger partial charge in [0, 0.05) is 19.3 Å². The number of anilines is 1. The van der Waals surface area contributed by atoms with Crippen LogP contribution in [-0.4, -0.2) is 34.1 Å². The predicted molar refractivity (Wildman–Crippen MR) is 73.2 cm³/mol. The molecule has 1 aromatic heterocycles. The van der Waals surface area contributed by atoms with Gasteiger partial charge in [-0.1, -0.05) is 13.3 Å².